The third-order valence-electron chi connectivity index (χ3n) is 2.13. The van der Waals surface area contributed by atoms with Crippen molar-refractivity contribution in [2.24, 2.45) is 0 Å². The molecule has 0 fully saturated rings. The van der Waals surface area contributed by atoms with Gasteiger partial charge in [0.1, 0.15) is 12.0 Å². The number of nitrogens with zero attached hydrogens (tertiary/aromatic N) is 3. The van der Waals surface area contributed by atoms with E-state index in [9.17, 15) is 10.1 Å². The maximum Gasteiger partial charge on any atom is 0.289 e. The topological polar surface area (TPSA) is 59.3 Å². The van der Waals surface area contributed by atoms with Crippen molar-refractivity contribution in [1.29, 1.82) is 0 Å². The van der Waals surface area contributed by atoms with E-state index < -0.39 is 4.92 Å². The molecule has 6 heteroatoms. The Labute approximate surface area is 92.8 Å². The van der Waals surface area contributed by atoms with Crippen molar-refractivity contribution >= 4 is 23.1 Å². The second-order valence-electron chi connectivity index (χ2n) is 3.46. The molecule has 0 amide bonds. The number of anilines is 1. The lowest BCUT2D eigenvalue weighted by Gasteiger charge is -2.23. The summed E-state index contributed by atoms with van der Waals surface area (Å²) in [5.74, 6) is 0.553. The van der Waals surface area contributed by atoms with Gasteiger partial charge in [0, 0.05) is 19.2 Å². The van der Waals surface area contributed by atoms with Crippen LogP contribution >= 0.6 is 11.6 Å². The van der Waals surface area contributed by atoms with Crippen molar-refractivity contribution in [1.82, 2.24) is 4.98 Å². The van der Waals surface area contributed by atoms with Crippen LogP contribution in [0.2, 0.25) is 5.02 Å². The third-order valence-corrected chi connectivity index (χ3v) is 2.40. The summed E-state index contributed by atoms with van der Waals surface area (Å²) in [6.07, 6.45) is 1.21. The largest absolute Gasteiger partial charge is 0.356 e. The van der Waals surface area contributed by atoms with E-state index in [-0.39, 0.29) is 11.7 Å². The number of halogens is 1. The Bertz CT molecular complexity index is 382. The summed E-state index contributed by atoms with van der Waals surface area (Å²) in [5.41, 5.74) is -0.0964. The first kappa shape index (κ1) is 11.7. The smallest absolute Gasteiger partial charge is 0.289 e. The zero-order valence-corrected chi connectivity index (χ0v) is 9.52. The Hall–Kier alpha value is -1.36. The van der Waals surface area contributed by atoms with Gasteiger partial charge in [-0.1, -0.05) is 11.6 Å². The molecule has 0 aliphatic heterocycles. The first-order chi connectivity index (χ1) is 6.93. The van der Waals surface area contributed by atoms with Gasteiger partial charge < -0.3 is 4.90 Å². The van der Waals surface area contributed by atoms with Gasteiger partial charge in [-0.05, 0) is 13.8 Å². The molecule has 5 nitrogen and oxygen atoms in total. The van der Waals surface area contributed by atoms with Gasteiger partial charge in [-0.25, -0.2) is 4.98 Å². The predicted octanol–water partition coefficient (Wildman–Crippen LogP) is 2.49. The molecule has 0 aliphatic carbocycles. The molecule has 0 aliphatic rings. The third kappa shape index (κ3) is 2.56. The average Bonchev–Trinajstić information content (AvgIpc) is 2.16. The Balaban J connectivity index is 3.08. The molecular formula is C9H12ClN3O2. The maximum absolute atomic E-state index is 10.5. The second kappa shape index (κ2) is 4.44. The van der Waals surface area contributed by atoms with Gasteiger partial charge in [0.15, 0.2) is 0 Å². The summed E-state index contributed by atoms with van der Waals surface area (Å²) < 4.78 is 0. The van der Waals surface area contributed by atoms with E-state index in [4.69, 9.17) is 11.6 Å². The lowest BCUT2D eigenvalue weighted by Crippen LogP contribution is -2.26. The van der Waals surface area contributed by atoms with Crippen molar-refractivity contribution in [3.05, 3.63) is 27.4 Å². The minimum absolute atomic E-state index is 0.0964. The molecule has 0 saturated carbocycles. The number of nitro groups is 1. The molecule has 0 unspecified atom stereocenters. The van der Waals surface area contributed by atoms with Crippen LogP contribution in [-0.4, -0.2) is 23.0 Å². The number of hydrogen-bond acceptors (Lipinski definition) is 4. The van der Waals surface area contributed by atoms with Crippen molar-refractivity contribution in [3.63, 3.8) is 0 Å². The lowest BCUT2D eigenvalue weighted by molar-refractivity contribution is -0.385. The van der Waals surface area contributed by atoms with Crippen LogP contribution < -0.4 is 4.90 Å². The first-order valence-electron chi connectivity index (χ1n) is 4.46. The summed E-state index contributed by atoms with van der Waals surface area (Å²) in [6.45, 7) is 3.97. The molecule has 15 heavy (non-hydrogen) atoms. The van der Waals surface area contributed by atoms with Crippen LogP contribution in [0.25, 0.3) is 0 Å². The van der Waals surface area contributed by atoms with E-state index in [0.717, 1.165) is 0 Å². The minimum Gasteiger partial charge on any atom is -0.356 e. The van der Waals surface area contributed by atoms with Crippen molar-refractivity contribution in [2.75, 3.05) is 11.9 Å². The van der Waals surface area contributed by atoms with E-state index >= 15 is 0 Å². The van der Waals surface area contributed by atoms with E-state index in [0.29, 0.717) is 10.8 Å². The normalized spacial score (nSPS) is 10.5. The van der Waals surface area contributed by atoms with Gasteiger partial charge in [-0.2, -0.15) is 0 Å². The molecule has 0 radical (unpaired) electrons. The van der Waals surface area contributed by atoms with E-state index in [1.807, 2.05) is 25.8 Å². The zero-order valence-electron chi connectivity index (χ0n) is 8.77. The summed E-state index contributed by atoms with van der Waals surface area (Å²) >= 11 is 5.90. The molecule has 0 spiro atoms. The van der Waals surface area contributed by atoms with Crippen molar-refractivity contribution < 1.29 is 4.92 Å². The number of hydrogen-bond donors (Lipinski definition) is 0. The molecule has 0 atom stereocenters. The highest BCUT2D eigenvalue weighted by atomic mass is 35.5. The van der Waals surface area contributed by atoms with Crippen LogP contribution in [0.4, 0.5) is 11.5 Å². The fourth-order valence-electron chi connectivity index (χ4n) is 1.02. The quantitative estimate of drug-likeness (QED) is 0.590. The Kier molecular flexibility index (Phi) is 3.47. The van der Waals surface area contributed by atoms with Crippen LogP contribution in [0.3, 0.4) is 0 Å². The Morgan fingerprint density at radius 3 is 2.60 bits per heavy atom. The van der Waals surface area contributed by atoms with Crippen molar-refractivity contribution in [2.45, 2.75) is 19.9 Å². The molecule has 0 saturated heterocycles. The highest BCUT2D eigenvalue weighted by molar-refractivity contribution is 6.33. The van der Waals surface area contributed by atoms with E-state index in [1.165, 1.54) is 12.3 Å². The van der Waals surface area contributed by atoms with Gasteiger partial charge in [-0.3, -0.25) is 10.1 Å². The van der Waals surface area contributed by atoms with Crippen LogP contribution in [0, 0.1) is 10.1 Å². The van der Waals surface area contributed by atoms with Gasteiger partial charge in [0.2, 0.25) is 0 Å². The Morgan fingerprint density at radius 1 is 1.60 bits per heavy atom. The fraction of sp³-hybridized carbons (Fsp3) is 0.444. The van der Waals surface area contributed by atoms with E-state index in [1.54, 1.807) is 0 Å². The van der Waals surface area contributed by atoms with Gasteiger partial charge >= 0.3 is 0 Å². The van der Waals surface area contributed by atoms with Crippen molar-refractivity contribution in [3.8, 4) is 0 Å². The molecule has 0 bridgehead atoms. The summed E-state index contributed by atoms with van der Waals surface area (Å²) in [6, 6.07) is 1.54. The SMILES string of the molecule is CC(C)N(C)c1ncc([N+](=O)[O-])cc1Cl. The van der Waals surface area contributed by atoms with Gasteiger partial charge in [0.05, 0.1) is 9.95 Å². The molecule has 0 N–H and O–H groups in total. The van der Waals surface area contributed by atoms with Crippen LogP contribution in [0.15, 0.2) is 12.3 Å². The van der Waals surface area contributed by atoms with E-state index in [2.05, 4.69) is 4.98 Å². The lowest BCUT2D eigenvalue weighted by atomic mass is 10.3. The average molecular weight is 230 g/mol. The fourth-order valence-corrected chi connectivity index (χ4v) is 1.32. The molecule has 82 valence electrons. The predicted molar refractivity (Wildman–Crippen MR) is 59.4 cm³/mol. The first-order valence-corrected chi connectivity index (χ1v) is 4.84. The standard InChI is InChI=1S/C9H12ClN3O2/c1-6(2)12(3)9-8(10)4-7(5-11-9)13(14)15/h4-6H,1-3H3. The second-order valence-corrected chi connectivity index (χ2v) is 3.87. The summed E-state index contributed by atoms with van der Waals surface area (Å²) in [5, 5.41) is 10.8. The van der Waals surface area contributed by atoms with Crippen LogP contribution in [0.1, 0.15) is 13.8 Å². The highest BCUT2D eigenvalue weighted by Gasteiger charge is 2.15. The number of rotatable bonds is 3. The number of pyridine rings is 1. The highest BCUT2D eigenvalue weighted by Crippen LogP contribution is 2.27. The minimum atomic E-state index is -0.516. The van der Waals surface area contributed by atoms with Crippen LogP contribution in [0.5, 0.6) is 0 Å². The molecular weight excluding hydrogens is 218 g/mol. The monoisotopic (exact) mass is 229 g/mol. The molecule has 1 aromatic heterocycles. The Morgan fingerprint density at radius 2 is 2.20 bits per heavy atom. The maximum atomic E-state index is 10.5. The van der Waals surface area contributed by atoms with Gasteiger partial charge in [-0.15, -0.1) is 0 Å². The number of aromatic nitrogens is 1. The zero-order chi connectivity index (χ0) is 11.6. The molecule has 1 heterocycles. The summed E-state index contributed by atoms with van der Waals surface area (Å²) in [7, 11) is 1.84. The van der Waals surface area contributed by atoms with Gasteiger partial charge in [0.25, 0.3) is 5.69 Å². The molecule has 1 aromatic rings. The molecule has 0 aromatic carbocycles. The molecule has 1 rings (SSSR count). The van der Waals surface area contributed by atoms with Crippen LogP contribution in [-0.2, 0) is 0 Å². The summed E-state index contributed by atoms with van der Waals surface area (Å²) in [4.78, 5) is 15.8.